The molecular formula is C25H29N5O5S2. The van der Waals surface area contributed by atoms with Gasteiger partial charge in [-0.15, -0.1) is 0 Å². The van der Waals surface area contributed by atoms with Crippen molar-refractivity contribution in [2.24, 2.45) is 0 Å². The molecule has 0 radical (unpaired) electrons. The number of nitrogens with zero attached hydrogens (tertiary/aromatic N) is 4. The second-order valence-electron chi connectivity index (χ2n) is 8.91. The number of methoxy groups -OCH3 is 1. The van der Waals surface area contributed by atoms with Gasteiger partial charge in [-0.1, -0.05) is 49.8 Å². The number of rotatable bonds is 8. The van der Waals surface area contributed by atoms with Gasteiger partial charge < -0.3 is 15.0 Å². The molecule has 0 spiro atoms. The number of hydrogen-bond donors (Lipinski definition) is 1. The van der Waals surface area contributed by atoms with E-state index in [4.69, 9.17) is 21.9 Å². The first kappa shape index (κ1) is 26.8. The number of unbranched alkanes of at least 4 members (excludes halogenated alkanes) is 2. The maximum atomic E-state index is 13.8. The van der Waals surface area contributed by atoms with Gasteiger partial charge in [0.05, 0.1) is 24.0 Å². The molecule has 1 unspecified atom stereocenters. The third-order valence-corrected chi connectivity index (χ3v) is 7.69. The minimum atomic E-state index is -0.920. The van der Waals surface area contributed by atoms with Crippen LogP contribution in [0, 0.1) is 6.92 Å². The fourth-order valence-corrected chi connectivity index (χ4v) is 5.64. The van der Waals surface area contributed by atoms with Crippen molar-refractivity contribution < 1.29 is 19.1 Å². The Balaban J connectivity index is 1.84. The lowest BCUT2D eigenvalue weighted by Crippen LogP contribution is -2.57. The summed E-state index contributed by atoms with van der Waals surface area (Å²) in [5.74, 6) is -0.951. The third kappa shape index (κ3) is 5.54. The summed E-state index contributed by atoms with van der Waals surface area (Å²) < 4.78 is 6.66. The minimum absolute atomic E-state index is 0.154. The molecule has 4 heterocycles. The van der Waals surface area contributed by atoms with Crippen molar-refractivity contribution in [1.29, 1.82) is 0 Å². The van der Waals surface area contributed by atoms with Crippen LogP contribution in [0.4, 0.5) is 5.82 Å². The van der Waals surface area contributed by atoms with E-state index in [0.717, 1.165) is 36.6 Å². The van der Waals surface area contributed by atoms with Crippen LogP contribution in [0.2, 0.25) is 0 Å². The van der Waals surface area contributed by atoms with Gasteiger partial charge in [-0.05, 0) is 31.1 Å². The second kappa shape index (κ2) is 11.4. The third-order valence-electron chi connectivity index (χ3n) is 6.31. The monoisotopic (exact) mass is 543 g/mol. The van der Waals surface area contributed by atoms with Crippen molar-refractivity contribution in [1.82, 2.24) is 19.6 Å². The molecule has 196 valence electrons. The van der Waals surface area contributed by atoms with Gasteiger partial charge in [0.15, 0.2) is 0 Å². The number of amides is 2. The number of hydrogen-bond acceptors (Lipinski definition) is 9. The molecule has 1 N–H and O–H groups in total. The van der Waals surface area contributed by atoms with E-state index in [1.54, 1.807) is 22.1 Å². The molecule has 1 atom stereocenters. The van der Waals surface area contributed by atoms with Crippen LogP contribution in [0.5, 0.6) is 0 Å². The molecule has 2 aliphatic heterocycles. The number of nitrogens with one attached hydrogen (secondary N) is 1. The Hall–Kier alpha value is -3.25. The fourth-order valence-electron chi connectivity index (χ4n) is 4.35. The summed E-state index contributed by atoms with van der Waals surface area (Å²) in [6, 6.07) is 2.63. The minimum Gasteiger partial charge on any atom is -0.469 e. The molecule has 0 aromatic carbocycles. The number of aromatic nitrogens is 2. The molecule has 37 heavy (non-hydrogen) atoms. The first-order valence-corrected chi connectivity index (χ1v) is 13.4. The highest BCUT2D eigenvalue weighted by Gasteiger charge is 2.36. The van der Waals surface area contributed by atoms with Gasteiger partial charge in [-0.3, -0.25) is 28.5 Å². The zero-order valence-electron chi connectivity index (χ0n) is 21.0. The standard InChI is InChI=1S/C25H29N5O5S2/c1-4-5-6-10-29-24(34)18(37-25(29)36)12-16-21(27-19-8-7-15(2)14-30(19)23(16)33)28-11-9-26-22(32)17(28)13-20(31)35-3/h7-8,12,14,17H,4-6,9-11,13H2,1-3H3,(H,26,32). The molecule has 2 amide bonds. The summed E-state index contributed by atoms with van der Waals surface area (Å²) in [5.41, 5.74) is 1.01. The van der Waals surface area contributed by atoms with Gasteiger partial charge in [0, 0.05) is 25.8 Å². The van der Waals surface area contributed by atoms with E-state index in [9.17, 15) is 19.2 Å². The number of aryl methyl sites for hydroxylation is 1. The van der Waals surface area contributed by atoms with E-state index in [0.29, 0.717) is 34.5 Å². The summed E-state index contributed by atoms with van der Waals surface area (Å²) in [7, 11) is 1.25. The normalized spacial score (nSPS) is 19.2. The Morgan fingerprint density at radius 3 is 2.81 bits per heavy atom. The summed E-state index contributed by atoms with van der Waals surface area (Å²) in [4.78, 5) is 60.1. The quantitative estimate of drug-likeness (QED) is 0.232. The number of anilines is 1. The van der Waals surface area contributed by atoms with Crippen molar-refractivity contribution in [3.8, 4) is 0 Å². The molecule has 0 bridgehead atoms. The first-order chi connectivity index (χ1) is 17.7. The number of pyridine rings is 1. The molecular weight excluding hydrogens is 514 g/mol. The summed E-state index contributed by atoms with van der Waals surface area (Å²) >= 11 is 6.60. The molecule has 2 aromatic rings. The molecule has 12 heteroatoms. The van der Waals surface area contributed by atoms with Gasteiger partial charge >= 0.3 is 5.97 Å². The number of esters is 1. The molecule has 2 aromatic heterocycles. The summed E-state index contributed by atoms with van der Waals surface area (Å²) in [5, 5.41) is 2.76. The van der Waals surface area contributed by atoms with Crippen LogP contribution in [0.1, 0.15) is 43.7 Å². The molecule has 4 rings (SSSR count). The highest BCUT2D eigenvalue weighted by molar-refractivity contribution is 8.26. The maximum Gasteiger partial charge on any atom is 0.308 e. The highest BCUT2D eigenvalue weighted by atomic mass is 32.2. The van der Waals surface area contributed by atoms with Crippen LogP contribution in [-0.2, 0) is 19.1 Å². The first-order valence-electron chi connectivity index (χ1n) is 12.1. The maximum absolute atomic E-state index is 13.8. The Morgan fingerprint density at radius 1 is 1.30 bits per heavy atom. The van der Waals surface area contributed by atoms with Gasteiger partial charge in [0.25, 0.3) is 11.5 Å². The van der Waals surface area contributed by atoms with E-state index in [2.05, 4.69) is 12.2 Å². The smallest absolute Gasteiger partial charge is 0.308 e. The van der Waals surface area contributed by atoms with E-state index in [1.165, 1.54) is 17.6 Å². The Morgan fingerprint density at radius 2 is 2.08 bits per heavy atom. The van der Waals surface area contributed by atoms with Crippen LogP contribution in [-0.4, -0.2) is 69.2 Å². The number of fused-ring (bicyclic) bond motifs is 1. The topological polar surface area (TPSA) is 113 Å². The van der Waals surface area contributed by atoms with Crippen molar-refractivity contribution in [3.05, 3.63) is 44.7 Å². The van der Waals surface area contributed by atoms with Crippen molar-refractivity contribution >= 4 is 63.6 Å². The van der Waals surface area contributed by atoms with Crippen LogP contribution >= 0.6 is 24.0 Å². The Bertz CT molecular complexity index is 1350. The largest absolute Gasteiger partial charge is 0.469 e. The zero-order valence-corrected chi connectivity index (χ0v) is 22.6. The van der Waals surface area contributed by atoms with Crippen molar-refractivity contribution in [2.75, 3.05) is 31.6 Å². The predicted octanol–water partition coefficient (Wildman–Crippen LogP) is 2.26. The average molecular weight is 544 g/mol. The second-order valence-corrected chi connectivity index (χ2v) is 10.6. The number of thiocarbonyl (C=S) groups is 1. The number of ether oxygens (including phenoxy) is 1. The Labute approximate surface area is 224 Å². The lowest BCUT2D eigenvalue weighted by atomic mass is 10.1. The molecule has 10 nitrogen and oxygen atoms in total. The molecule has 2 saturated heterocycles. The summed E-state index contributed by atoms with van der Waals surface area (Å²) in [6.45, 7) is 5.10. The van der Waals surface area contributed by atoms with Gasteiger partial charge in [0.2, 0.25) is 5.91 Å². The van der Waals surface area contributed by atoms with E-state index >= 15 is 0 Å². The van der Waals surface area contributed by atoms with E-state index in [1.807, 2.05) is 13.0 Å². The van der Waals surface area contributed by atoms with Gasteiger partial charge in [-0.25, -0.2) is 4.98 Å². The number of thioether (sulfide) groups is 1. The summed E-state index contributed by atoms with van der Waals surface area (Å²) in [6.07, 6.45) is 5.81. The molecule has 2 fully saturated rings. The van der Waals surface area contributed by atoms with Crippen LogP contribution in [0.15, 0.2) is 28.0 Å². The van der Waals surface area contributed by atoms with Crippen LogP contribution in [0.3, 0.4) is 0 Å². The van der Waals surface area contributed by atoms with E-state index < -0.39 is 12.0 Å². The average Bonchev–Trinajstić information content (AvgIpc) is 3.14. The molecule has 0 aliphatic carbocycles. The van der Waals surface area contributed by atoms with Gasteiger partial charge in [0.1, 0.15) is 21.8 Å². The Kier molecular flexibility index (Phi) is 8.28. The predicted molar refractivity (Wildman–Crippen MR) is 146 cm³/mol. The van der Waals surface area contributed by atoms with Crippen molar-refractivity contribution in [2.45, 2.75) is 45.6 Å². The van der Waals surface area contributed by atoms with Crippen LogP contribution < -0.4 is 15.8 Å². The number of carbonyl (C=O) groups excluding carboxylic acids is 3. The molecule has 0 saturated carbocycles. The fraction of sp³-hybridized carbons (Fsp3) is 0.440. The molecule has 2 aliphatic rings. The lowest BCUT2D eigenvalue weighted by Gasteiger charge is -2.36. The van der Waals surface area contributed by atoms with Crippen molar-refractivity contribution in [3.63, 3.8) is 0 Å². The SMILES string of the molecule is CCCCCN1C(=O)C(=Cc2c(N3CCNC(=O)C3CC(=O)OC)nc3ccc(C)cn3c2=O)SC1=S. The number of piperazine rings is 1. The highest BCUT2D eigenvalue weighted by Crippen LogP contribution is 2.34. The van der Waals surface area contributed by atoms with E-state index in [-0.39, 0.29) is 35.2 Å². The lowest BCUT2D eigenvalue weighted by molar-refractivity contribution is -0.143. The number of carbonyl (C=O) groups is 3. The zero-order chi connectivity index (χ0) is 26.7. The van der Waals surface area contributed by atoms with Gasteiger partial charge in [-0.2, -0.15) is 0 Å². The van der Waals surface area contributed by atoms with Crippen LogP contribution in [0.25, 0.3) is 11.7 Å².